The first-order valence-corrected chi connectivity index (χ1v) is 5.87. The average Bonchev–Trinajstić information content (AvgIpc) is 2.40. The Morgan fingerprint density at radius 3 is 2.71 bits per heavy atom. The van der Waals surface area contributed by atoms with Gasteiger partial charge in [0.15, 0.2) is 0 Å². The van der Waals surface area contributed by atoms with E-state index in [4.69, 9.17) is 10.6 Å². The fraction of sp³-hybridized carbons (Fsp3) is 0.500. The molecule has 5 heteroatoms. The zero-order valence-electron chi connectivity index (χ0n) is 9.63. The molecule has 0 aliphatic heterocycles. The van der Waals surface area contributed by atoms with Crippen LogP contribution in [0.2, 0.25) is 0 Å². The average molecular weight is 235 g/mol. The molecule has 1 aliphatic rings. The number of nitrogens with two attached hydrogens (primary N) is 1. The lowest BCUT2D eigenvalue weighted by Crippen LogP contribution is -2.38. The number of ether oxygens (including phenoxy) is 1. The van der Waals surface area contributed by atoms with Gasteiger partial charge in [0.1, 0.15) is 6.10 Å². The number of pyridine rings is 1. The standard InChI is InChI=1S/C12H17N3O2/c13-15-12(16)9-4-6-10(7-5-9)17-11-3-1-2-8-14-11/h1-3,8-10H,4-7,13H2,(H,15,16)/t9-,10+. The normalized spacial score (nSPS) is 24.1. The van der Waals surface area contributed by atoms with Gasteiger partial charge < -0.3 is 4.74 Å². The Labute approximate surface area is 100 Å². The third-order valence-corrected chi connectivity index (χ3v) is 3.11. The molecule has 2 rings (SSSR count). The van der Waals surface area contributed by atoms with Crippen molar-refractivity contribution in [2.75, 3.05) is 0 Å². The first kappa shape index (κ1) is 11.9. The van der Waals surface area contributed by atoms with Gasteiger partial charge in [-0.25, -0.2) is 10.8 Å². The van der Waals surface area contributed by atoms with Crippen molar-refractivity contribution < 1.29 is 9.53 Å². The Kier molecular flexibility index (Phi) is 3.93. The molecule has 0 saturated heterocycles. The van der Waals surface area contributed by atoms with Gasteiger partial charge in [-0.1, -0.05) is 6.07 Å². The molecule has 0 bridgehead atoms. The highest BCUT2D eigenvalue weighted by Crippen LogP contribution is 2.26. The summed E-state index contributed by atoms with van der Waals surface area (Å²) in [5.74, 6) is 5.74. The minimum atomic E-state index is -0.0683. The summed E-state index contributed by atoms with van der Waals surface area (Å²) in [5.41, 5.74) is 2.21. The van der Waals surface area contributed by atoms with Crippen molar-refractivity contribution in [1.82, 2.24) is 10.4 Å². The monoisotopic (exact) mass is 235 g/mol. The van der Waals surface area contributed by atoms with Crippen LogP contribution in [-0.2, 0) is 4.79 Å². The highest BCUT2D eigenvalue weighted by atomic mass is 16.5. The predicted molar refractivity (Wildman–Crippen MR) is 62.9 cm³/mol. The van der Waals surface area contributed by atoms with E-state index < -0.39 is 0 Å². The molecule has 0 radical (unpaired) electrons. The summed E-state index contributed by atoms with van der Waals surface area (Å²) in [7, 11) is 0. The zero-order chi connectivity index (χ0) is 12.1. The number of nitrogens with zero attached hydrogens (tertiary/aromatic N) is 1. The summed E-state index contributed by atoms with van der Waals surface area (Å²) < 4.78 is 5.74. The van der Waals surface area contributed by atoms with Gasteiger partial charge in [0.05, 0.1) is 0 Å². The van der Waals surface area contributed by atoms with E-state index >= 15 is 0 Å². The number of carbonyl (C=O) groups excluding carboxylic acids is 1. The molecule has 1 fully saturated rings. The first-order chi connectivity index (χ1) is 8.29. The second kappa shape index (κ2) is 5.63. The highest BCUT2D eigenvalue weighted by molar-refractivity contribution is 5.77. The minimum absolute atomic E-state index is 0.0311. The van der Waals surface area contributed by atoms with Crippen LogP contribution in [0, 0.1) is 5.92 Å². The van der Waals surface area contributed by atoms with E-state index in [0.29, 0.717) is 5.88 Å². The van der Waals surface area contributed by atoms with E-state index in [0.717, 1.165) is 25.7 Å². The Bertz CT molecular complexity index is 361. The van der Waals surface area contributed by atoms with E-state index in [-0.39, 0.29) is 17.9 Å². The quantitative estimate of drug-likeness (QED) is 0.465. The molecule has 1 heterocycles. The van der Waals surface area contributed by atoms with Gasteiger partial charge in [-0.2, -0.15) is 0 Å². The summed E-state index contributed by atoms with van der Waals surface area (Å²) in [6.07, 6.45) is 5.25. The Hall–Kier alpha value is -1.62. The molecule has 1 amide bonds. The summed E-state index contributed by atoms with van der Waals surface area (Å²) in [4.78, 5) is 15.5. The summed E-state index contributed by atoms with van der Waals surface area (Å²) >= 11 is 0. The maximum Gasteiger partial charge on any atom is 0.236 e. The summed E-state index contributed by atoms with van der Waals surface area (Å²) in [6.45, 7) is 0. The van der Waals surface area contributed by atoms with Crippen molar-refractivity contribution in [3.8, 4) is 5.88 Å². The lowest BCUT2D eigenvalue weighted by molar-refractivity contribution is -0.126. The lowest BCUT2D eigenvalue weighted by Gasteiger charge is -2.27. The molecule has 1 aliphatic carbocycles. The lowest BCUT2D eigenvalue weighted by atomic mass is 9.87. The molecule has 1 saturated carbocycles. The molecule has 92 valence electrons. The number of hydrogen-bond acceptors (Lipinski definition) is 4. The zero-order valence-corrected chi connectivity index (χ0v) is 9.63. The number of aromatic nitrogens is 1. The number of hydrogen-bond donors (Lipinski definition) is 2. The number of amides is 1. The van der Waals surface area contributed by atoms with Gasteiger partial charge in [0.2, 0.25) is 11.8 Å². The van der Waals surface area contributed by atoms with Crippen molar-refractivity contribution >= 4 is 5.91 Å². The largest absolute Gasteiger partial charge is 0.474 e. The third kappa shape index (κ3) is 3.17. The van der Waals surface area contributed by atoms with Crippen LogP contribution in [0.25, 0.3) is 0 Å². The Balaban J connectivity index is 1.82. The summed E-state index contributed by atoms with van der Waals surface area (Å²) in [6, 6.07) is 5.60. The maximum atomic E-state index is 11.3. The van der Waals surface area contributed by atoms with Crippen LogP contribution >= 0.6 is 0 Å². The smallest absolute Gasteiger partial charge is 0.236 e. The fourth-order valence-corrected chi connectivity index (χ4v) is 2.15. The molecule has 1 aromatic heterocycles. The first-order valence-electron chi connectivity index (χ1n) is 5.87. The third-order valence-electron chi connectivity index (χ3n) is 3.11. The molecule has 0 aromatic carbocycles. The minimum Gasteiger partial charge on any atom is -0.474 e. The van der Waals surface area contributed by atoms with Gasteiger partial charge in [0.25, 0.3) is 0 Å². The van der Waals surface area contributed by atoms with Gasteiger partial charge in [-0.15, -0.1) is 0 Å². The SMILES string of the molecule is NNC(=O)[C@H]1CC[C@@H](Oc2ccccn2)CC1. The summed E-state index contributed by atoms with van der Waals surface area (Å²) in [5, 5.41) is 0. The number of hydrazine groups is 1. The van der Waals surface area contributed by atoms with Gasteiger partial charge >= 0.3 is 0 Å². The van der Waals surface area contributed by atoms with Crippen molar-refractivity contribution in [3.05, 3.63) is 24.4 Å². The second-order valence-electron chi connectivity index (χ2n) is 4.27. The number of carbonyl (C=O) groups is 1. The second-order valence-corrected chi connectivity index (χ2v) is 4.27. The molecule has 0 spiro atoms. The van der Waals surface area contributed by atoms with E-state index in [9.17, 15) is 4.79 Å². The maximum absolute atomic E-state index is 11.3. The van der Waals surface area contributed by atoms with Crippen molar-refractivity contribution in [3.63, 3.8) is 0 Å². The van der Waals surface area contributed by atoms with Crippen LogP contribution in [0.15, 0.2) is 24.4 Å². The Morgan fingerprint density at radius 2 is 2.12 bits per heavy atom. The van der Waals surface area contributed by atoms with E-state index in [2.05, 4.69) is 10.4 Å². The molecule has 0 unspecified atom stereocenters. The molecular weight excluding hydrogens is 218 g/mol. The van der Waals surface area contributed by atoms with Gasteiger partial charge in [-0.05, 0) is 31.7 Å². The van der Waals surface area contributed by atoms with E-state index in [1.807, 2.05) is 18.2 Å². The molecule has 1 aromatic rings. The van der Waals surface area contributed by atoms with Crippen LogP contribution in [0.3, 0.4) is 0 Å². The number of rotatable bonds is 3. The van der Waals surface area contributed by atoms with E-state index in [1.54, 1.807) is 6.20 Å². The predicted octanol–water partition coefficient (Wildman–Crippen LogP) is 1.01. The Morgan fingerprint density at radius 1 is 1.35 bits per heavy atom. The van der Waals surface area contributed by atoms with Gasteiger partial charge in [-0.3, -0.25) is 10.2 Å². The van der Waals surface area contributed by atoms with Crippen molar-refractivity contribution in [1.29, 1.82) is 0 Å². The molecular formula is C12H17N3O2. The molecule has 0 atom stereocenters. The van der Waals surface area contributed by atoms with Crippen LogP contribution in [0.4, 0.5) is 0 Å². The molecule has 17 heavy (non-hydrogen) atoms. The topological polar surface area (TPSA) is 77.2 Å². The molecule has 3 N–H and O–H groups in total. The van der Waals surface area contributed by atoms with E-state index in [1.165, 1.54) is 0 Å². The molecule has 5 nitrogen and oxygen atoms in total. The van der Waals surface area contributed by atoms with Crippen LogP contribution < -0.4 is 16.0 Å². The van der Waals surface area contributed by atoms with Crippen LogP contribution in [0.1, 0.15) is 25.7 Å². The number of nitrogens with one attached hydrogen (secondary N) is 1. The van der Waals surface area contributed by atoms with Crippen molar-refractivity contribution in [2.24, 2.45) is 11.8 Å². The highest BCUT2D eigenvalue weighted by Gasteiger charge is 2.26. The van der Waals surface area contributed by atoms with Crippen molar-refractivity contribution in [2.45, 2.75) is 31.8 Å². The van der Waals surface area contributed by atoms with Crippen LogP contribution in [-0.4, -0.2) is 17.0 Å². The van der Waals surface area contributed by atoms with Gasteiger partial charge in [0, 0.05) is 18.2 Å². The fourth-order valence-electron chi connectivity index (χ4n) is 2.15. The van der Waals surface area contributed by atoms with Crippen LogP contribution in [0.5, 0.6) is 5.88 Å².